The number of aromatic nitrogens is 2. The Morgan fingerprint density at radius 3 is 2.40 bits per heavy atom. The summed E-state index contributed by atoms with van der Waals surface area (Å²) in [6, 6.07) is 10.9. The van der Waals surface area contributed by atoms with Gasteiger partial charge in [-0.2, -0.15) is 18.3 Å². The van der Waals surface area contributed by atoms with E-state index < -0.39 is 17.7 Å². The van der Waals surface area contributed by atoms with Gasteiger partial charge in [0.1, 0.15) is 11.9 Å². The molecule has 2 atom stereocenters. The highest BCUT2D eigenvalue weighted by molar-refractivity contribution is 5.94. The zero-order chi connectivity index (χ0) is 29.0. The molecule has 0 unspecified atom stereocenters. The van der Waals surface area contributed by atoms with Gasteiger partial charge in [0, 0.05) is 31.3 Å². The van der Waals surface area contributed by atoms with E-state index in [1.54, 1.807) is 43.0 Å². The summed E-state index contributed by atoms with van der Waals surface area (Å²) in [5.74, 6) is -0.389. The standard InChI is InChI=1S/C30H34F3N3O4/c1-4-6-26(22-8-10-23(11-9-22)29(39)35-12-5-7-21(17-35)15-27(37)38)40-25-13-19(2)28(20(3)14-25)36-18-24(16-34-36)30(31,32)33/h8-11,13-14,16,18,21,26H,4-7,12,15,17H2,1-3H3,(H,37,38)/t21-,26+/m1/s1. The lowest BCUT2D eigenvalue weighted by Crippen LogP contribution is -2.40. The van der Waals surface area contributed by atoms with Gasteiger partial charge in [0.05, 0.1) is 17.4 Å². The third-order valence-electron chi connectivity index (χ3n) is 7.23. The number of carboxylic acid groups (broad SMARTS) is 1. The number of benzene rings is 2. The number of carbonyl (C=O) groups is 2. The van der Waals surface area contributed by atoms with Gasteiger partial charge in [-0.25, -0.2) is 4.68 Å². The zero-order valence-corrected chi connectivity index (χ0v) is 22.9. The molecule has 1 N–H and O–H groups in total. The number of hydrogen-bond acceptors (Lipinski definition) is 4. The smallest absolute Gasteiger partial charge is 0.419 e. The molecule has 0 aliphatic carbocycles. The lowest BCUT2D eigenvalue weighted by Gasteiger charge is -2.32. The maximum Gasteiger partial charge on any atom is 0.419 e. The molecule has 7 nitrogen and oxygen atoms in total. The first-order chi connectivity index (χ1) is 19.0. The molecule has 4 rings (SSSR count). The second-order valence-corrected chi connectivity index (χ2v) is 10.5. The van der Waals surface area contributed by atoms with E-state index in [9.17, 15) is 22.8 Å². The highest BCUT2D eigenvalue weighted by Gasteiger charge is 2.32. The number of halogens is 3. The molecule has 0 bridgehead atoms. The number of hydrogen-bond donors (Lipinski definition) is 1. The van der Waals surface area contributed by atoms with Crippen LogP contribution in [0.3, 0.4) is 0 Å². The maximum atomic E-state index is 13.1. The molecule has 40 heavy (non-hydrogen) atoms. The van der Waals surface area contributed by atoms with E-state index >= 15 is 0 Å². The van der Waals surface area contributed by atoms with Crippen LogP contribution in [0.1, 0.15) is 77.7 Å². The van der Waals surface area contributed by atoms with Crippen molar-refractivity contribution in [3.05, 3.63) is 76.6 Å². The molecule has 10 heteroatoms. The molecule has 1 fully saturated rings. The number of likely N-dealkylation sites (tertiary alicyclic amines) is 1. The highest BCUT2D eigenvalue weighted by atomic mass is 19.4. The zero-order valence-electron chi connectivity index (χ0n) is 22.9. The molecule has 1 aliphatic rings. The third-order valence-corrected chi connectivity index (χ3v) is 7.23. The Morgan fingerprint density at radius 2 is 1.82 bits per heavy atom. The second-order valence-electron chi connectivity index (χ2n) is 10.5. The van der Waals surface area contributed by atoms with Crippen LogP contribution < -0.4 is 4.74 Å². The molecule has 1 saturated heterocycles. The number of carbonyl (C=O) groups excluding carboxylic acids is 1. The molecule has 2 aromatic carbocycles. The minimum absolute atomic E-state index is 0.0323. The van der Waals surface area contributed by atoms with Crippen molar-refractivity contribution in [3.8, 4) is 11.4 Å². The summed E-state index contributed by atoms with van der Waals surface area (Å²) in [7, 11) is 0. The van der Waals surface area contributed by atoms with Crippen molar-refractivity contribution in [1.29, 1.82) is 0 Å². The number of rotatable bonds is 9. The van der Waals surface area contributed by atoms with E-state index in [0.29, 0.717) is 30.1 Å². The van der Waals surface area contributed by atoms with Crippen LogP contribution >= 0.6 is 0 Å². The average molecular weight is 558 g/mol. The molecular weight excluding hydrogens is 523 g/mol. The summed E-state index contributed by atoms with van der Waals surface area (Å²) < 4.78 is 46.8. The first kappa shape index (κ1) is 29.2. The molecule has 214 valence electrons. The fraction of sp³-hybridized carbons (Fsp3) is 0.433. The minimum Gasteiger partial charge on any atom is -0.486 e. The quantitative estimate of drug-likeness (QED) is 0.314. The van der Waals surface area contributed by atoms with Gasteiger partial charge < -0.3 is 14.7 Å². The van der Waals surface area contributed by atoms with E-state index in [4.69, 9.17) is 9.84 Å². The Bertz CT molecular complexity index is 1330. The van der Waals surface area contributed by atoms with Gasteiger partial charge in [0.2, 0.25) is 0 Å². The topological polar surface area (TPSA) is 84.7 Å². The molecule has 3 aromatic rings. The summed E-state index contributed by atoms with van der Waals surface area (Å²) in [4.78, 5) is 25.9. The number of aryl methyl sites for hydroxylation is 2. The summed E-state index contributed by atoms with van der Waals surface area (Å²) in [5, 5.41) is 13.0. The minimum atomic E-state index is -4.47. The second kappa shape index (κ2) is 12.1. The van der Waals surface area contributed by atoms with Crippen molar-refractivity contribution < 1.29 is 32.6 Å². The van der Waals surface area contributed by atoms with Crippen molar-refractivity contribution in [2.75, 3.05) is 13.1 Å². The van der Waals surface area contributed by atoms with Crippen LogP contribution in [0.15, 0.2) is 48.8 Å². The van der Waals surface area contributed by atoms with E-state index in [-0.39, 0.29) is 24.3 Å². The van der Waals surface area contributed by atoms with Gasteiger partial charge in [-0.15, -0.1) is 0 Å². The van der Waals surface area contributed by atoms with Crippen LogP contribution in [0.4, 0.5) is 13.2 Å². The van der Waals surface area contributed by atoms with Gasteiger partial charge in [0.25, 0.3) is 5.91 Å². The summed E-state index contributed by atoms with van der Waals surface area (Å²) in [6.07, 6.45) is 0.288. The number of carboxylic acids is 1. The Balaban J connectivity index is 1.49. The van der Waals surface area contributed by atoms with E-state index in [1.165, 1.54) is 4.68 Å². The van der Waals surface area contributed by atoms with Gasteiger partial charge in [-0.05, 0) is 80.0 Å². The average Bonchev–Trinajstić information content (AvgIpc) is 3.38. The van der Waals surface area contributed by atoms with Gasteiger partial charge in [-0.3, -0.25) is 9.59 Å². The lowest BCUT2D eigenvalue weighted by atomic mass is 9.94. The fourth-order valence-electron chi connectivity index (χ4n) is 5.34. The highest BCUT2D eigenvalue weighted by Crippen LogP contribution is 2.33. The van der Waals surface area contributed by atoms with Crippen LogP contribution in [0, 0.1) is 19.8 Å². The van der Waals surface area contributed by atoms with Gasteiger partial charge >= 0.3 is 12.1 Å². The Hall–Kier alpha value is -3.82. The van der Waals surface area contributed by atoms with Crippen molar-refractivity contribution in [2.24, 2.45) is 5.92 Å². The number of aliphatic carboxylic acids is 1. The van der Waals surface area contributed by atoms with Crippen molar-refractivity contribution in [2.45, 2.75) is 65.2 Å². The Kier molecular flexibility index (Phi) is 8.85. The normalized spacial score (nSPS) is 16.6. The number of amides is 1. The molecule has 0 saturated carbocycles. The number of piperidine rings is 1. The first-order valence-corrected chi connectivity index (χ1v) is 13.5. The number of alkyl halides is 3. The van der Waals surface area contributed by atoms with Gasteiger partial charge in [-0.1, -0.05) is 25.5 Å². The number of ether oxygens (including phenoxy) is 1. The molecule has 1 aliphatic heterocycles. The van der Waals surface area contributed by atoms with E-state index in [2.05, 4.69) is 5.10 Å². The summed E-state index contributed by atoms with van der Waals surface area (Å²) in [5.41, 5.74) is 2.67. The summed E-state index contributed by atoms with van der Waals surface area (Å²) in [6.45, 7) is 6.72. The van der Waals surface area contributed by atoms with E-state index in [0.717, 1.165) is 54.8 Å². The van der Waals surface area contributed by atoms with Gasteiger partial charge in [0.15, 0.2) is 0 Å². The fourth-order valence-corrected chi connectivity index (χ4v) is 5.34. The number of nitrogens with zero attached hydrogens (tertiary/aromatic N) is 3. The molecule has 0 spiro atoms. The van der Waals surface area contributed by atoms with Crippen LogP contribution in [0.2, 0.25) is 0 Å². The lowest BCUT2D eigenvalue weighted by molar-refractivity contribution is -0.139. The molecule has 0 radical (unpaired) electrons. The Labute approximate surface area is 231 Å². The third kappa shape index (κ3) is 6.84. The predicted molar refractivity (Wildman–Crippen MR) is 144 cm³/mol. The van der Waals surface area contributed by atoms with Crippen LogP contribution in [-0.4, -0.2) is 44.8 Å². The molecule has 1 aromatic heterocycles. The SMILES string of the molecule is CCC[C@H](Oc1cc(C)c(-n2cc(C(F)(F)F)cn2)c(C)c1)c1ccc(C(=O)N2CCC[C@H](CC(=O)O)C2)cc1. The molecular formula is C30H34F3N3O4. The predicted octanol–water partition coefficient (Wildman–Crippen LogP) is 6.76. The molecule has 1 amide bonds. The van der Waals surface area contributed by atoms with Crippen molar-refractivity contribution in [3.63, 3.8) is 0 Å². The summed E-state index contributed by atoms with van der Waals surface area (Å²) >= 11 is 0. The van der Waals surface area contributed by atoms with E-state index in [1.807, 2.05) is 19.1 Å². The maximum absolute atomic E-state index is 13.1. The first-order valence-electron chi connectivity index (χ1n) is 13.5. The van der Waals surface area contributed by atoms with Crippen LogP contribution in [0.25, 0.3) is 5.69 Å². The monoisotopic (exact) mass is 557 g/mol. The molecule has 2 heterocycles. The largest absolute Gasteiger partial charge is 0.486 e. The van der Waals surface area contributed by atoms with Crippen LogP contribution in [-0.2, 0) is 11.0 Å². The van der Waals surface area contributed by atoms with Crippen LogP contribution in [0.5, 0.6) is 5.75 Å². The van der Waals surface area contributed by atoms with Crippen molar-refractivity contribution >= 4 is 11.9 Å². The Morgan fingerprint density at radius 1 is 1.15 bits per heavy atom. The van der Waals surface area contributed by atoms with Crippen molar-refractivity contribution in [1.82, 2.24) is 14.7 Å².